The largest absolute Gasteiger partial charge is 0.493 e. The van der Waals surface area contributed by atoms with Crippen LogP contribution in [0.25, 0.3) is 0 Å². The molecule has 41 heavy (non-hydrogen) atoms. The van der Waals surface area contributed by atoms with Crippen molar-refractivity contribution in [3.63, 3.8) is 0 Å². The van der Waals surface area contributed by atoms with E-state index >= 15 is 0 Å². The second kappa shape index (κ2) is 14.6. The highest BCUT2D eigenvalue weighted by Gasteiger charge is 2.17. The minimum absolute atomic E-state index is 0.0326. The maximum absolute atomic E-state index is 12.5. The van der Waals surface area contributed by atoms with Crippen LogP contribution in [0.3, 0.4) is 0 Å². The Balaban J connectivity index is 1.45. The molecule has 0 radical (unpaired) electrons. The topological polar surface area (TPSA) is 168 Å². The average Bonchev–Trinajstić information content (AvgIpc) is 2.98. The number of hydrogen-bond donors (Lipinski definition) is 2. The van der Waals surface area contributed by atoms with Crippen LogP contribution in [-0.4, -0.2) is 56.8 Å². The highest BCUT2D eigenvalue weighted by atomic mass is 16.6. The number of nitro groups is 1. The number of nitrogens with zero attached hydrogens (tertiary/aromatic N) is 2. The van der Waals surface area contributed by atoms with Crippen LogP contribution in [0.1, 0.15) is 39.1 Å². The minimum atomic E-state index is -0.756. The second-order valence-corrected chi connectivity index (χ2v) is 8.34. The molecule has 0 aliphatic carbocycles. The summed E-state index contributed by atoms with van der Waals surface area (Å²) in [7, 11) is 4.37. The number of ether oxygens (including phenoxy) is 4. The average molecular weight is 565 g/mol. The van der Waals surface area contributed by atoms with Crippen LogP contribution in [0.2, 0.25) is 0 Å². The van der Waals surface area contributed by atoms with E-state index < -0.39 is 10.9 Å². The van der Waals surface area contributed by atoms with Crippen molar-refractivity contribution in [2.24, 2.45) is 5.10 Å². The third-order valence-electron chi connectivity index (χ3n) is 5.56. The Kier molecular flexibility index (Phi) is 10.7. The first-order valence-electron chi connectivity index (χ1n) is 12.2. The molecule has 0 aromatic heterocycles. The highest BCUT2D eigenvalue weighted by molar-refractivity contribution is 5.95. The molecule has 0 heterocycles. The summed E-state index contributed by atoms with van der Waals surface area (Å²) < 4.78 is 21.1. The lowest BCUT2D eigenvalue weighted by Gasteiger charge is -2.14. The first-order chi connectivity index (χ1) is 19.7. The molecular formula is C28H28N4O9. The molecule has 0 aliphatic heterocycles. The molecule has 0 fully saturated rings. The maximum atomic E-state index is 12.5. The van der Waals surface area contributed by atoms with Gasteiger partial charge in [-0.3, -0.25) is 19.7 Å². The van der Waals surface area contributed by atoms with Crippen LogP contribution >= 0.6 is 0 Å². The van der Waals surface area contributed by atoms with Crippen molar-refractivity contribution < 1.29 is 38.3 Å². The molecule has 2 N–H and O–H groups in total. The summed E-state index contributed by atoms with van der Waals surface area (Å²) in [4.78, 5) is 47.3. The molecule has 2 amide bonds. The number of hydrazone groups is 1. The standard InChI is InChI=1S/C28H28N4O9/c1-38-23-15-20(16-24(39-2)26(23)40-3)27(34)29-12-6-11-25(33)31-30-17-18-7-4-10-22(13-18)41-28(35)19-8-5-9-21(14-19)32(36)37/h4-5,7-10,13-17H,6,11-12H2,1-3H3,(H,29,34)(H,31,33). The number of carbonyl (C=O) groups excluding carboxylic acids is 3. The fourth-order valence-corrected chi connectivity index (χ4v) is 3.57. The molecule has 0 aliphatic rings. The van der Waals surface area contributed by atoms with E-state index in [1.165, 1.54) is 70.0 Å². The van der Waals surface area contributed by atoms with Crippen molar-refractivity contribution in [1.29, 1.82) is 0 Å². The minimum Gasteiger partial charge on any atom is -0.493 e. The fourth-order valence-electron chi connectivity index (χ4n) is 3.57. The first kappa shape index (κ1) is 30.1. The van der Waals surface area contributed by atoms with E-state index in [0.29, 0.717) is 34.8 Å². The van der Waals surface area contributed by atoms with Crippen molar-refractivity contribution in [1.82, 2.24) is 10.7 Å². The van der Waals surface area contributed by atoms with Crippen molar-refractivity contribution in [2.75, 3.05) is 27.9 Å². The van der Waals surface area contributed by atoms with E-state index in [1.807, 2.05) is 0 Å². The number of esters is 1. The number of amides is 2. The number of nitro benzene ring substituents is 1. The lowest BCUT2D eigenvalue weighted by atomic mass is 10.1. The lowest BCUT2D eigenvalue weighted by Crippen LogP contribution is -2.26. The van der Waals surface area contributed by atoms with E-state index in [4.69, 9.17) is 18.9 Å². The van der Waals surface area contributed by atoms with Gasteiger partial charge in [0.25, 0.3) is 11.6 Å². The SMILES string of the molecule is COc1cc(C(=O)NCCCC(=O)NN=Cc2cccc(OC(=O)c3cccc([N+](=O)[O-])c3)c2)cc(OC)c1OC. The zero-order valence-electron chi connectivity index (χ0n) is 22.5. The molecule has 0 saturated carbocycles. The molecule has 0 bridgehead atoms. The number of rotatable bonds is 13. The maximum Gasteiger partial charge on any atom is 0.343 e. The predicted octanol–water partition coefficient (Wildman–Crippen LogP) is 3.50. The summed E-state index contributed by atoms with van der Waals surface area (Å²) in [5.74, 6) is -0.226. The van der Waals surface area contributed by atoms with Crippen LogP contribution < -0.4 is 29.7 Å². The zero-order valence-corrected chi connectivity index (χ0v) is 22.5. The van der Waals surface area contributed by atoms with Crippen molar-refractivity contribution in [2.45, 2.75) is 12.8 Å². The quantitative estimate of drug-likeness (QED) is 0.0788. The lowest BCUT2D eigenvalue weighted by molar-refractivity contribution is -0.384. The Bertz CT molecular complexity index is 1430. The summed E-state index contributed by atoms with van der Waals surface area (Å²) in [6.45, 7) is 0.241. The van der Waals surface area contributed by atoms with Gasteiger partial charge < -0.3 is 24.3 Å². The number of methoxy groups -OCH3 is 3. The van der Waals surface area contributed by atoms with Crippen LogP contribution in [0.4, 0.5) is 5.69 Å². The van der Waals surface area contributed by atoms with E-state index in [0.717, 1.165) is 6.07 Å². The van der Waals surface area contributed by atoms with Gasteiger partial charge in [0.2, 0.25) is 11.7 Å². The van der Waals surface area contributed by atoms with E-state index in [1.54, 1.807) is 12.1 Å². The fraction of sp³-hybridized carbons (Fsp3) is 0.214. The summed E-state index contributed by atoms with van der Waals surface area (Å²) in [6, 6.07) is 14.6. The Labute approximate surface area is 235 Å². The Morgan fingerprint density at radius 3 is 2.29 bits per heavy atom. The molecule has 0 unspecified atom stereocenters. The number of non-ortho nitro benzene ring substituents is 1. The molecule has 13 heteroatoms. The van der Waals surface area contributed by atoms with Gasteiger partial charge in [0, 0.05) is 30.7 Å². The van der Waals surface area contributed by atoms with Crippen molar-refractivity contribution in [3.05, 3.63) is 87.5 Å². The molecule has 214 valence electrons. The van der Waals surface area contributed by atoms with Gasteiger partial charge in [-0.1, -0.05) is 18.2 Å². The molecule has 0 saturated heterocycles. The predicted molar refractivity (Wildman–Crippen MR) is 148 cm³/mol. The van der Waals surface area contributed by atoms with Crippen LogP contribution in [0.15, 0.2) is 65.8 Å². The number of nitrogens with one attached hydrogen (secondary N) is 2. The molecule has 3 rings (SSSR count). The van der Waals surface area contributed by atoms with Gasteiger partial charge in [-0.15, -0.1) is 0 Å². The van der Waals surface area contributed by atoms with Crippen LogP contribution in [0.5, 0.6) is 23.0 Å². The van der Waals surface area contributed by atoms with Crippen LogP contribution in [0, 0.1) is 10.1 Å². The van der Waals surface area contributed by atoms with Gasteiger partial charge in [-0.05, 0) is 42.3 Å². The van der Waals surface area contributed by atoms with Gasteiger partial charge in [-0.25, -0.2) is 10.2 Å². The van der Waals surface area contributed by atoms with Crippen molar-refractivity contribution in [3.8, 4) is 23.0 Å². The van der Waals surface area contributed by atoms with Crippen LogP contribution in [-0.2, 0) is 4.79 Å². The van der Waals surface area contributed by atoms with E-state index in [2.05, 4.69) is 15.8 Å². The third kappa shape index (κ3) is 8.51. The second-order valence-electron chi connectivity index (χ2n) is 8.34. The summed E-state index contributed by atoms with van der Waals surface area (Å²) >= 11 is 0. The monoisotopic (exact) mass is 564 g/mol. The third-order valence-corrected chi connectivity index (χ3v) is 5.56. The van der Waals surface area contributed by atoms with Gasteiger partial charge in [0.05, 0.1) is 38.0 Å². The van der Waals surface area contributed by atoms with Gasteiger partial charge >= 0.3 is 5.97 Å². The summed E-state index contributed by atoms with van der Waals surface area (Å²) in [5.41, 5.74) is 3.05. The van der Waals surface area contributed by atoms with E-state index in [-0.39, 0.29) is 41.8 Å². The molecule has 13 nitrogen and oxygen atoms in total. The van der Waals surface area contributed by atoms with Gasteiger partial charge in [0.1, 0.15) is 5.75 Å². The zero-order chi connectivity index (χ0) is 29.8. The number of benzene rings is 3. The van der Waals surface area contributed by atoms with E-state index in [9.17, 15) is 24.5 Å². The Morgan fingerprint density at radius 1 is 0.927 bits per heavy atom. The highest BCUT2D eigenvalue weighted by Crippen LogP contribution is 2.38. The molecule has 3 aromatic rings. The van der Waals surface area contributed by atoms with Crippen molar-refractivity contribution >= 4 is 29.7 Å². The van der Waals surface area contributed by atoms with Gasteiger partial charge in [0.15, 0.2) is 11.5 Å². The van der Waals surface area contributed by atoms with Gasteiger partial charge in [-0.2, -0.15) is 5.10 Å². The number of carbonyl (C=O) groups is 3. The smallest absolute Gasteiger partial charge is 0.343 e. The summed E-state index contributed by atoms with van der Waals surface area (Å²) in [5, 5.41) is 17.6. The molecular weight excluding hydrogens is 536 g/mol. The first-order valence-corrected chi connectivity index (χ1v) is 12.2. The molecule has 0 atom stereocenters. The molecule has 3 aromatic carbocycles. The number of hydrogen-bond acceptors (Lipinski definition) is 10. The Hall–Kier alpha value is -5.46. The Morgan fingerprint density at radius 2 is 1.63 bits per heavy atom. The molecule has 0 spiro atoms. The normalized spacial score (nSPS) is 10.5. The summed E-state index contributed by atoms with van der Waals surface area (Å²) in [6.07, 6.45) is 1.84.